The summed E-state index contributed by atoms with van der Waals surface area (Å²) in [6.07, 6.45) is -2.96. The maximum atomic E-state index is 13.1. The second-order valence-electron chi connectivity index (χ2n) is 5.35. The highest BCUT2D eigenvalue weighted by Gasteiger charge is 2.61. The van der Waals surface area contributed by atoms with Crippen molar-refractivity contribution in [2.45, 2.75) is 37.9 Å². The van der Waals surface area contributed by atoms with Crippen molar-refractivity contribution in [1.82, 2.24) is 16.0 Å². The van der Waals surface area contributed by atoms with Gasteiger partial charge in [-0.05, 0) is 25.8 Å². The molecule has 1 saturated heterocycles. The van der Waals surface area contributed by atoms with E-state index in [1.54, 1.807) is 0 Å². The molecule has 3 N–H and O–H groups in total. The molecule has 2 rings (SSSR count). The van der Waals surface area contributed by atoms with E-state index in [2.05, 4.69) is 16.0 Å². The Bertz CT molecular complexity index is 388. The van der Waals surface area contributed by atoms with Gasteiger partial charge in [-0.3, -0.25) is 9.59 Å². The van der Waals surface area contributed by atoms with Crippen LogP contribution in [0.5, 0.6) is 0 Å². The van der Waals surface area contributed by atoms with Gasteiger partial charge in [0.15, 0.2) is 5.41 Å². The standard InChI is InChI=1S/C12H18F3N3O2/c13-12(14,15)11(4-6-16-7-11)10(20)17-5-3-9(19)18-8-1-2-8/h8,16H,1-7H2,(H,17,20)(H,18,19). The van der Waals surface area contributed by atoms with Crippen molar-refractivity contribution in [3.05, 3.63) is 0 Å². The van der Waals surface area contributed by atoms with Crippen LogP contribution in [0.4, 0.5) is 13.2 Å². The number of halogens is 3. The van der Waals surface area contributed by atoms with E-state index in [-0.39, 0.29) is 37.9 Å². The fourth-order valence-corrected chi connectivity index (χ4v) is 2.24. The average Bonchev–Trinajstić information content (AvgIpc) is 3.00. The number of rotatable bonds is 5. The maximum absolute atomic E-state index is 13.1. The molecule has 0 spiro atoms. The van der Waals surface area contributed by atoms with Crippen molar-refractivity contribution in [3.8, 4) is 0 Å². The van der Waals surface area contributed by atoms with Crippen molar-refractivity contribution < 1.29 is 22.8 Å². The number of carbonyl (C=O) groups is 2. The third-order valence-corrected chi connectivity index (χ3v) is 3.71. The Morgan fingerprint density at radius 2 is 2.00 bits per heavy atom. The van der Waals surface area contributed by atoms with E-state index >= 15 is 0 Å². The topological polar surface area (TPSA) is 70.2 Å². The van der Waals surface area contributed by atoms with Crippen LogP contribution in [-0.4, -0.2) is 43.7 Å². The quantitative estimate of drug-likeness (QED) is 0.683. The predicted molar refractivity (Wildman–Crippen MR) is 64.8 cm³/mol. The van der Waals surface area contributed by atoms with Crippen LogP contribution in [-0.2, 0) is 9.59 Å². The van der Waals surface area contributed by atoms with Crippen LogP contribution >= 0.6 is 0 Å². The zero-order valence-corrected chi connectivity index (χ0v) is 11.0. The van der Waals surface area contributed by atoms with Crippen molar-refractivity contribution >= 4 is 11.8 Å². The molecule has 1 aliphatic carbocycles. The lowest BCUT2D eigenvalue weighted by Gasteiger charge is -2.29. The minimum atomic E-state index is -4.59. The monoisotopic (exact) mass is 293 g/mol. The fraction of sp³-hybridized carbons (Fsp3) is 0.833. The second kappa shape index (κ2) is 5.59. The van der Waals surface area contributed by atoms with Gasteiger partial charge in [-0.1, -0.05) is 0 Å². The Kier molecular flexibility index (Phi) is 4.22. The third-order valence-electron chi connectivity index (χ3n) is 3.71. The van der Waals surface area contributed by atoms with E-state index in [4.69, 9.17) is 0 Å². The molecule has 1 atom stereocenters. The molecular weight excluding hydrogens is 275 g/mol. The zero-order valence-electron chi connectivity index (χ0n) is 11.0. The number of nitrogens with one attached hydrogen (secondary N) is 3. The van der Waals surface area contributed by atoms with Crippen LogP contribution in [0.2, 0.25) is 0 Å². The van der Waals surface area contributed by atoms with Gasteiger partial charge >= 0.3 is 6.18 Å². The highest BCUT2D eigenvalue weighted by Crippen LogP contribution is 2.43. The van der Waals surface area contributed by atoms with Gasteiger partial charge in [0.2, 0.25) is 11.8 Å². The molecule has 0 radical (unpaired) electrons. The molecule has 1 saturated carbocycles. The number of hydrogen-bond acceptors (Lipinski definition) is 3. The first-order valence-electron chi connectivity index (χ1n) is 6.70. The first kappa shape index (κ1) is 15.1. The highest BCUT2D eigenvalue weighted by molar-refractivity contribution is 5.85. The van der Waals surface area contributed by atoms with Crippen molar-refractivity contribution in [3.63, 3.8) is 0 Å². The van der Waals surface area contributed by atoms with Crippen LogP contribution in [0.15, 0.2) is 0 Å². The van der Waals surface area contributed by atoms with Crippen LogP contribution < -0.4 is 16.0 Å². The molecule has 5 nitrogen and oxygen atoms in total. The summed E-state index contributed by atoms with van der Waals surface area (Å²) in [5, 5.41) is 7.52. The van der Waals surface area contributed by atoms with E-state index in [1.807, 2.05) is 0 Å². The van der Waals surface area contributed by atoms with Gasteiger partial charge in [0.1, 0.15) is 0 Å². The molecule has 0 aromatic rings. The molecule has 0 aromatic heterocycles. The number of hydrogen-bond donors (Lipinski definition) is 3. The molecule has 2 amide bonds. The summed E-state index contributed by atoms with van der Waals surface area (Å²) in [7, 11) is 0. The molecular formula is C12H18F3N3O2. The van der Waals surface area contributed by atoms with Crippen LogP contribution in [0, 0.1) is 5.41 Å². The summed E-state index contributed by atoms with van der Waals surface area (Å²) in [5.74, 6) is -1.28. The normalized spacial score (nSPS) is 26.4. The smallest absolute Gasteiger partial charge is 0.355 e. The zero-order chi connectivity index (χ0) is 14.8. The summed E-state index contributed by atoms with van der Waals surface area (Å²) in [4.78, 5) is 23.2. The van der Waals surface area contributed by atoms with E-state index in [9.17, 15) is 22.8 Å². The first-order valence-corrected chi connectivity index (χ1v) is 6.70. The lowest BCUT2D eigenvalue weighted by atomic mass is 9.85. The molecule has 1 aliphatic heterocycles. The predicted octanol–water partition coefficient (Wildman–Crippen LogP) is 0.313. The SMILES string of the molecule is O=C(CCNC(=O)C1(C(F)(F)F)CCNC1)NC1CC1. The summed E-state index contributed by atoms with van der Waals surface area (Å²) in [6, 6.07) is 0.207. The lowest BCUT2D eigenvalue weighted by molar-refractivity contribution is -0.215. The van der Waals surface area contributed by atoms with E-state index in [1.165, 1.54) is 0 Å². The summed E-state index contributed by atoms with van der Waals surface area (Å²) in [6.45, 7) is -0.319. The molecule has 8 heteroatoms. The molecule has 1 heterocycles. The Balaban J connectivity index is 1.81. The van der Waals surface area contributed by atoms with Crippen LogP contribution in [0.1, 0.15) is 25.7 Å². The minimum absolute atomic E-state index is 0.00358. The van der Waals surface area contributed by atoms with E-state index in [0.29, 0.717) is 0 Å². The van der Waals surface area contributed by atoms with Gasteiger partial charge in [-0.2, -0.15) is 13.2 Å². The van der Waals surface area contributed by atoms with Gasteiger partial charge in [0.05, 0.1) is 0 Å². The van der Waals surface area contributed by atoms with Crippen molar-refractivity contribution in [1.29, 1.82) is 0 Å². The van der Waals surface area contributed by atoms with Gasteiger partial charge in [-0.15, -0.1) is 0 Å². The molecule has 1 unspecified atom stereocenters. The molecule has 2 fully saturated rings. The fourth-order valence-electron chi connectivity index (χ4n) is 2.24. The molecule has 114 valence electrons. The third kappa shape index (κ3) is 3.23. The van der Waals surface area contributed by atoms with Crippen molar-refractivity contribution in [2.24, 2.45) is 5.41 Å². The van der Waals surface area contributed by atoms with E-state index < -0.39 is 24.0 Å². The molecule has 0 aromatic carbocycles. The Morgan fingerprint density at radius 3 is 2.50 bits per heavy atom. The maximum Gasteiger partial charge on any atom is 0.404 e. The summed E-state index contributed by atoms with van der Waals surface area (Å²) in [5.41, 5.74) is -2.36. The number of alkyl halides is 3. The van der Waals surface area contributed by atoms with Gasteiger partial charge in [0, 0.05) is 25.6 Å². The lowest BCUT2D eigenvalue weighted by Crippen LogP contribution is -2.52. The highest BCUT2D eigenvalue weighted by atomic mass is 19.4. The second-order valence-corrected chi connectivity index (χ2v) is 5.35. The molecule has 20 heavy (non-hydrogen) atoms. The summed E-state index contributed by atoms with van der Waals surface area (Å²) >= 11 is 0. The Hall–Kier alpha value is -1.31. The van der Waals surface area contributed by atoms with Crippen LogP contribution in [0.25, 0.3) is 0 Å². The first-order chi connectivity index (χ1) is 9.35. The number of amides is 2. The van der Waals surface area contributed by atoms with Gasteiger partial charge < -0.3 is 16.0 Å². The van der Waals surface area contributed by atoms with Crippen LogP contribution in [0.3, 0.4) is 0 Å². The number of carbonyl (C=O) groups excluding carboxylic acids is 2. The van der Waals surface area contributed by atoms with E-state index in [0.717, 1.165) is 12.8 Å². The molecule has 0 bridgehead atoms. The molecule has 2 aliphatic rings. The van der Waals surface area contributed by atoms with Gasteiger partial charge in [-0.25, -0.2) is 0 Å². The Morgan fingerprint density at radius 1 is 1.30 bits per heavy atom. The Labute approximate surface area is 114 Å². The average molecular weight is 293 g/mol. The van der Waals surface area contributed by atoms with Crippen molar-refractivity contribution in [2.75, 3.05) is 19.6 Å². The minimum Gasteiger partial charge on any atom is -0.355 e. The summed E-state index contributed by atoms with van der Waals surface area (Å²) < 4.78 is 39.2. The van der Waals surface area contributed by atoms with Gasteiger partial charge in [0.25, 0.3) is 0 Å². The largest absolute Gasteiger partial charge is 0.404 e.